The van der Waals surface area contributed by atoms with E-state index in [0.717, 1.165) is 45.6 Å². The summed E-state index contributed by atoms with van der Waals surface area (Å²) in [5.41, 5.74) is 7.72. The van der Waals surface area contributed by atoms with Crippen LogP contribution in [0, 0.1) is 0 Å². The van der Waals surface area contributed by atoms with Crippen molar-refractivity contribution in [2.24, 2.45) is 5.73 Å². The van der Waals surface area contributed by atoms with Gasteiger partial charge < -0.3 is 15.8 Å². The van der Waals surface area contributed by atoms with E-state index < -0.39 is 0 Å². The van der Waals surface area contributed by atoms with E-state index in [1.165, 1.54) is 10.4 Å². The molecule has 2 rings (SSSR count). The smallest absolute Gasteiger partial charge is 0.0484 e. The standard InChI is InChI=1S/C13H22N2OS/c1-2-11-3-8-17-12(11)9-15-10-13(14)4-6-16-7-5-13/h3,8,15H,2,4-7,9-10,14H2,1H3. The zero-order chi connectivity index (χ0) is 12.1. The van der Waals surface area contributed by atoms with Crippen molar-refractivity contribution in [2.75, 3.05) is 19.8 Å². The summed E-state index contributed by atoms with van der Waals surface area (Å²) in [7, 11) is 0. The molecule has 2 heterocycles. The van der Waals surface area contributed by atoms with Gasteiger partial charge in [0.05, 0.1) is 0 Å². The van der Waals surface area contributed by atoms with Crippen molar-refractivity contribution in [1.29, 1.82) is 0 Å². The molecular weight excluding hydrogens is 232 g/mol. The summed E-state index contributed by atoms with van der Waals surface area (Å²) in [4.78, 5) is 1.45. The maximum Gasteiger partial charge on any atom is 0.0484 e. The number of aryl methyl sites for hydroxylation is 1. The molecule has 1 aromatic heterocycles. The topological polar surface area (TPSA) is 47.3 Å². The Kier molecular flexibility index (Phi) is 4.56. The second kappa shape index (κ2) is 5.96. The van der Waals surface area contributed by atoms with Gasteiger partial charge in [-0.05, 0) is 36.3 Å². The Hall–Kier alpha value is -0.420. The van der Waals surface area contributed by atoms with Crippen LogP contribution in [0.5, 0.6) is 0 Å². The predicted molar refractivity (Wildman–Crippen MR) is 72.4 cm³/mol. The zero-order valence-corrected chi connectivity index (χ0v) is 11.3. The van der Waals surface area contributed by atoms with Crippen LogP contribution in [0.4, 0.5) is 0 Å². The van der Waals surface area contributed by atoms with Gasteiger partial charge in [0, 0.05) is 36.7 Å². The van der Waals surface area contributed by atoms with Crippen LogP contribution in [0.2, 0.25) is 0 Å². The first-order valence-corrected chi connectivity index (χ1v) is 7.24. The van der Waals surface area contributed by atoms with Crippen molar-refractivity contribution < 1.29 is 4.74 Å². The van der Waals surface area contributed by atoms with Crippen LogP contribution < -0.4 is 11.1 Å². The Bertz CT molecular complexity index is 345. The average Bonchev–Trinajstić information content (AvgIpc) is 2.77. The van der Waals surface area contributed by atoms with Crippen molar-refractivity contribution in [2.45, 2.75) is 38.3 Å². The van der Waals surface area contributed by atoms with Gasteiger partial charge in [0.2, 0.25) is 0 Å². The second-order valence-corrected chi connectivity index (χ2v) is 5.80. The first-order chi connectivity index (χ1) is 8.23. The highest BCUT2D eigenvalue weighted by atomic mass is 32.1. The Labute approximate surface area is 107 Å². The third-order valence-corrected chi connectivity index (χ3v) is 4.43. The van der Waals surface area contributed by atoms with E-state index in [1.54, 1.807) is 0 Å². The first kappa shape index (κ1) is 13.0. The molecule has 0 bridgehead atoms. The molecule has 0 atom stereocenters. The Morgan fingerprint density at radius 1 is 1.47 bits per heavy atom. The highest BCUT2D eigenvalue weighted by molar-refractivity contribution is 7.10. The van der Waals surface area contributed by atoms with Crippen LogP contribution >= 0.6 is 11.3 Å². The molecule has 0 amide bonds. The van der Waals surface area contributed by atoms with Gasteiger partial charge in [-0.25, -0.2) is 0 Å². The molecule has 1 aliphatic rings. The van der Waals surface area contributed by atoms with E-state index in [1.807, 2.05) is 11.3 Å². The number of hydrogen-bond acceptors (Lipinski definition) is 4. The maximum atomic E-state index is 6.33. The molecule has 0 radical (unpaired) electrons. The lowest BCUT2D eigenvalue weighted by Crippen LogP contribution is -2.52. The minimum atomic E-state index is -0.0676. The molecule has 0 aliphatic carbocycles. The van der Waals surface area contributed by atoms with Crippen LogP contribution in [0.25, 0.3) is 0 Å². The quantitative estimate of drug-likeness (QED) is 0.844. The van der Waals surface area contributed by atoms with Gasteiger partial charge in [0.15, 0.2) is 0 Å². The first-order valence-electron chi connectivity index (χ1n) is 6.36. The minimum Gasteiger partial charge on any atom is -0.381 e. The Morgan fingerprint density at radius 3 is 2.94 bits per heavy atom. The Balaban J connectivity index is 1.79. The largest absolute Gasteiger partial charge is 0.381 e. The van der Waals surface area contributed by atoms with E-state index >= 15 is 0 Å². The lowest BCUT2D eigenvalue weighted by Gasteiger charge is -2.33. The van der Waals surface area contributed by atoms with Crippen LogP contribution in [-0.4, -0.2) is 25.3 Å². The molecule has 0 aromatic carbocycles. The maximum absolute atomic E-state index is 6.33. The lowest BCUT2D eigenvalue weighted by atomic mass is 9.91. The monoisotopic (exact) mass is 254 g/mol. The molecule has 1 fully saturated rings. The third-order valence-electron chi connectivity index (χ3n) is 3.47. The molecule has 0 unspecified atom stereocenters. The van der Waals surface area contributed by atoms with Crippen molar-refractivity contribution in [3.05, 3.63) is 21.9 Å². The molecular formula is C13H22N2OS. The molecule has 17 heavy (non-hydrogen) atoms. The fourth-order valence-electron chi connectivity index (χ4n) is 2.22. The number of ether oxygens (including phenoxy) is 1. The number of thiophene rings is 1. The SMILES string of the molecule is CCc1ccsc1CNCC1(N)CCOCC1. The number of nitrogens with two attached hydrogens (primary N) is 1. The van der Waals surface area contributed by atoms with E-state index in [4.69, 9.17) is 10.5 Å². The number of nitrogens with one attached hydrogen (secondary N) is 1. The van der Waals surface area contributed by atoms with Crippen molar-refractivity contribution in [1.82, 2.24) is 5.32 Å². The normalized spacial score (nSPS) is 19.4. The van der Waals surface area contributed by atoms with E-state index in [2.05, 4.69) is 23.7 Å². The molecule has 0 spiro atoms. The predicted octanol–water partition coefficient (Wildman–Crippen LogP) is 1.91. The van der Waals surface area contributed by atoms with Gasteiger partial charge in [-0.15, -0.1) is 11.3 Å². The van der Waals surface area contributed by atoms with Gasteiger partial charge in [-0.1, -0.05) is 6.92 Å². The fraction of sp³-hybridized carbons (Fsp3) is 0.692. The molecule has 1 aliphatic heterocycles. The van der Waals surface area contributed by atoms with Crippen molar-refractivity contribution >= 4 is 11.3 Å². The van der Waals surface area contributed by atoms with Gasteiger partial charge in [-0.2, -0.15) is 0 Å². The summed E-state index contributed by atoms with van der Waals surface area (Å²) < 4.78 is 5.35. The molecule has 4 heteroatoms. The highest BCUT2D eigenvalue weighted by Gasteiger charge is 2.27. The third kappa shape index (κ3) is 3.52. The summed E-state index contributed by atoms with van der Waals surface area (Å²) in [5, 5.41) is 5.67. The Morgan fingerprint density at radius 2 is 2.24 bits per heavy atom. The zero-order valence-electron chi connectivity index (χ0n) is 10.5. The number of hydrogen-bond donors (Lipinski definition) is 2. The van der Waals surface area contributed by atoms with Crippen LogP contribution in [0.1, 0.15) is 30.2 Å². The van der Waals surface area contributed by atoms with Crippen molar-refractivity contribution in [3.63, 3.8) is 0 Å². The summed E-state index contributed by atoms with van der Waals surface area (Å²) in [6, 6.07) is 2.22. The summed E-state index contributed by atoms with van der Waals surface area (Å²) >= 11 is 1.83. The second-order valence-electron chi connectivity index (χ2n) is 4.80. The molecule has 3 nitrogen and oxygen atoms in total. The summed E-state index contributed by atoms with van der Waals surface area (Å²) in [5.74, 6) is 0. The van der Waals surface area contributed by atoms with Gasteiger partial charge >= 0.3 is 0 Å². The van der Waals surface area contributed by atoms with Crippen LogP contribution in [0.3, 0.4) is 0 Å². The van der Waals surface area contributed by atoms with Crippen molar-refractivity contribution in [3.8, 4) is 0 Å². The van der Waals surface area contributed by atoms with Gasteiger partial charge in [0.1, 0.15) is 0 Å². The van der Waals surface area contributed by atoms with E-state index in [9.17, 15) is 0 Å². The van der Waals surface area contributed by atoms with E-state index in [0.29, 0.717) is 0 Å². The van der Waals surface area contributed by atoms with Gasteiger partial charge in [0.25, 0.3) is 0 Å². The molecule has 96 valence electrons. The highest BCUT2D eigenvalue weighted by Crippen LogP contribution is 2.19. The molecule has 0 saturated carbocycles. The van der Waals surface area contributed by atoms with E-state index in [-0.39, 0.29) is 5.54 Å². The lowest BCUT2D eigenvalue weighted by molar-refractivity contribution is 0.0531. The molecule has 1 saturated heterocycles. The summed E-state index contributed by atoms with van der Waals surface area (Å²) in [6.45, 7) is 5.64. The van der Waals surface area contributed by atoms with Crippen LogP contribution in [-0.2, 0) is 17.7 Å². The van der Waals surface area contributed by atoms with Crippen LogP contribution in [0.15, 0.2) is 11.4 Å². The van der Waals surface area contributed by atoms with Gasteiger partial charge in [-0.3, -0.25) is 0 Å². The molecule has 1 aromatic rings. The fourth-order valence-corrected chi connectivity index (χ4v) is 3.16. The summed E-state index contributed by atoms with van der Waals surface area (Å²) in [6.07, 6.45) is 3.04. The minimum absolute atomic E-state index is 0.0676. The average molecular weight is 254 g/mol. The number of rotatable bonds is 5. The molecule has 3 N–H and O–H groups in total.